The molecule has 1 fully saturated rings. The summed E-state index contributed by atoms with van der Waals surface area (Å²) in [5.41, 5.74) is -0.00348. The third kappa shape index (κ3) is 3.69. The fraction of sp³-hybridized carbons (Fsp3) is 0.462. The van der Waals surface area contributed by atoms with Gasteiger partial charge in [0.2, 0.25) is 15.7 Å². The summed E-state index contributed by atoms with van der Waals surface area (Å²) in [7, 11) is -4.72. The molecule has 0 heterocycles. The van der Waals surface area contributed by atoms with Crippen molar-refractivity contribution in [1.82, 2.24) is 5.32 Å². The summed E-state index contributed by atoms with van der Waals surface area (Å²) in [5.74, 6) is -3.79. The molecule has 2 rings (SSSR count). The minimum atomic E-state index is -4.72. The Bertz CT molecular complexity index is 630. The maximum absolute atomic E-state index is 12.7. The van der Waals surface area contributed by atoms with Crippen LogP contribution in [0.4, 0.5) is 14.5 Å². The van der Waals surface area contributed by atoms with E-state index in [9.17, 15) is 22.0 Å². The van der Waals surface area contributed by atoms with Crippen LogP contribution in [0.25, 0.3) is 0 Å². The summed E-state index contributed by atoms with van der Waals surface area (Å²) in [6.45, 7) is 1.55. The molecule has 116 valence electrons. The van der Waals surface area contributed by atoms with E-state index in [-0.39, 0.29) is 17.6 Å². The number of halogens is 2. The number of hydrogen-bond acceptors (Lipinski definition) is 4. The van der Waals surface area contributed by atoms with Gasteiger partial charge in [0.05, 0.1) is 10.6 Å². The van der Waals surface area contributed by atoms with Gasteiger partial charge in [-0.25, -0.2) is 8.42 Å². The van der Waals surface area contributed by atoms with Crippen molar-refractivity contribution in [3.05, 3.63) is 24.3 Å². The van der Waals surface area contributed by atoms with Crippen molar-refractivity contribution in [2.75, 3.05) is 5.32 Å². The van der Waals surface area contributed by atoms with Crippen LogP contribution in [0, 0.1) is 0 Å². The number of para-hydroxylation sites is 1. The first kappa shape index (κ1) is 15.7. The Morgan fingerprint density at radius 1 is 1.29 bits per heavy atom. The SMILES string of the molecule is CC(Nc1ccccc1S(=O)(=O)C(F)F)C(=O)NC1CC1. The summed E-state index contributed by atoms with van der Waals surface area (Å²) >= 11 is 0. The molecule has 0 spiro atoms. The summed E-state index contributed by atoms with van der Waals surface area (Å²) < 4.78 is 48.5. The quantitative estimate of drug-likeness (QED) is 0.838. The van der Waals surface area contributed by atoms with Crippen molar-refractivity contribution in [1.29, 1.82) is 0 Å². The van der Waals surface area contributed by atoms with Gasteiger partial charge in [0.25, 0.3) is 0 Å². The molecular formula is C13H16F2N2O3S. The van der Waals surface area contributed by atoms with Crippen LogP contribution in [0.1, 0.15) is 19.8 Å². The van der Waals surface area contributed by atoms with Gasteiger partial charge >= 0.3 is 5.76 Å². The number of carbonyl (C=O) groups excluding carboxylic acids is 1. The predicted molar refractivity (Wildman–Crippen MR) is 73.9 cm³/mol. The highest BCUT2D eigenvalue weighted by molar-refractivity contribution is 7.91. The maximum Gasteiger partial charge on any atom is 0.341 e. The number of benzene rings is 1. The lowest BCUT2D eigenvalue weighted by molar-refractivity contribution is -0.121. The lowest BCUT2D eigenvalue weighted by Crippen LogP contribution is -2.39. The second-order valence-electron chi connectivity index (χ2n) is 4.95. The highest BCUT2D eigenvalue weighted by atomic mass is 32.2. The van der Waals surface area contributed by atoms with E-state index in [1.54, 1.807) is 6.92 Å². The van der Waals surface area contributed by atoms with Gasteiger partial charge in [0.1, 0.15) is 6.04 Å². The maximum atomic E-state index is 12.7. The smallest absolute Gasteiger partial charge is 0.341 e. The summed E-state index contributed by atoms with van der Waals surface area (Å²) in [6, 6.07) is 4.76. The van der Waals surface area contributed by atoms with Crippen molar-refractivity contribution in [2.24, 2.45) is 0 Å². The third-order valence-corrected chi connectivity index (χ3v) is 4.56. The largest absolute Gasteiger partial charge is 0.373 e. The number of anilines is 1. The molecule has 0 saturated heterocycles. The summed E-state index contributed by atoms with van der Waals surface area (Å²) in [4.78, 5) is 11.3. The van der Waals surface area contributed by atoms with Crippen molar-refractivity contribution >= 4 is 21.4 Å². The first-order valence-electron chi connectivity index (χ1n) is 6.50. The summed E-state index contributed by atoms with van der Waals surface area (Å²) in [6.07, 6.45) is 1.85. The zero-order valence-corrected chi connectivity index (χ0v) is 12.2. The van der Waals surface area contributed by atoms with E-state index in [2.05, 4.69) is 10.6 Å². The first-order chi connectivity index (χ1) is 9.82. The van der Waals surface area contributed by atoms with Crippen LogP contribution < -0.4 is 10.6 Å². The number of nitrogens with one attached hydrogen (secondary N) is 2. The average Bonchev–Trinajstić information content (AvgIpc) is 3.22. The van der Waals surface area contributed by atoms with Crippen LogP contribution in [0.5, 0.6) is 0 Å². The highest BCUT2D eigenvalue weighted by Gasteiger charge is 2.30. The molecule has 1 aliphatic rings. The Balaban J connectivity index is 2.18. The van der Waals surface area contributed by atoms with Crippen molar-refractivity contribution in [3.8, 4) is 0 Å². The van der Waals surface area contributed by atoms with Gasteiger partial charge in [-0.1, -0.05) is 12.1 Å². The number of carbonyl (C=O) groups is 1. The molecule has 0 bridgehead atoms. The van der Waals surface area contributed by atoms with E-state index < -0.39 is 26.5 Å². The fourth-order valence-corrected chi connectivity index (χ4v) is 2.68. The van der Waals surface area contributed by atoms with Crippen molar-refractivity contribution in [3.63, 3.8) is 0 Å². The van der Waals surface area contributed by atoms with Crippen LogP contribution in [0.3, 0.4) is 0 Å². The third-order valence-electron chi connectivity index (χ3n) is 3.12. The van der Waals surface area contributed by atoms with Crippen LogP contribution in [0.2, 0.25) is 0 Å². The second-order valence-corrected chi connectivity index (χ2v) is 6.84. The molecule has 0 radical (unpaired) electrons. The molecule has 1 amide bonds. The van der Waals surface area contributed by atoms with Crippen LogP contribution in [-0.2, 0) is 14.6 Å². The predicted octanol–water partition coefficient (Wildman–Crippen LogP) is 1.76. The van der Waals surface area contributed by atoms with Gasteiger partial charge in [0.15, 0.2) is 0 Å². The monoisotopic (exact) mass is 318 g/mol. The first-order valence-corrected chi connectivity index (χ1v) is 8.05. The average molecular weight is 318 g/mol. The zero-order valence-electron chi connectivity index (χ0n) is 11.3. The lowest BCUT2D eigenvalue weighted by atomic mass is 10.2. The van der Waals surface area contributed by atoms with Crippen LogP contribution in [0.15, 0.2) is 29.2 Å². The Labute approximate surface area is 121 Å². The molecule has 0 aromatic heterocycles. The lowest BCUT2D eigenvalue weighted by Gasteiger charge is -2.17. The minimum absolute atomic E-state index is 0.00348. The van der Waals surface area contributed by atoms with Gasteiger partial charge in [0, 0.05) is 6.04 Å². The van der Waals surface area contributed by atoms with E-state index in [4.69, 9.17) is 0 Å². The Morgan fingerprint density at radius 3 is 2.48 bits per heavy atom. The molecule has 1 aromatic rings. The van der Waals surface area contributed by atoms with E-state index in [1.165, 1.54) is 18.2 Å². The van der Waals surface area contributed by atoms with E-state index >= 15 is 0 Å². The van der Waals surface area contributed by atoms with Gasteiger partial charge < -0.3 is 10.6 Å². The van der Waals surface area contributed by atoms with Gasteiger partial charge in [-0.15, -0.1) is 0 Å². The van der Waals surface area contributed by atoms with E-state index in [1.807, 2.05) is 0 Å². The number of hydrogen-bond donors (Lipinski definition) is 2. The number of sulfone groups is 1. The molecule has 1 aliphatic carbocycles. The molecule has 5 nitrogen and oxygen atoms in total. The number of amides is 1. The van der Waals surface area contributed by atoms with Crippen LogP contribution >= 0.6 is 0 Å². The topological polar surface area (TPSA) is 75.3 Å². The Hall–Kier alpha value is -1.70. The number of alkyl halides is 2. The molecule has 1 aromatic carbocycles. The molecular weight excluding hydrogens is 302 g/mol. The molecule has 1 atom stereocenters. The van der Waals surface area contributed by atoms with Crippen LogP contribution in [-0.4, -0.2) is 32.2 Å². The fourth-order valence-electron chi connectivity index (χ4n) is 1.78. The number of rotatable bonds is 6. The normalized spacial score (nSPS) is 16.6. The van der Waals surface area contributed by atoms with Crippen molar-refractivity contribution in [2.45, 2.75) is 42.5 Å². The van der Waals surface area contributed by atoms with Crippen molar-refractivity contribution < 1.29 is 22.0 Å². The molecule has 2 N–H and O–H groups in total. The minimum Gasteiger partial charge on any atom is -0.373 e. The van der Waals surface area contributed by atoms with E-state index in [0.717, 1.165) is 18.9 Å². The van der Waals surface area contributed by atoms with Gasteiger partial charge in [-0.2, -0.15) is 8.78 Å². The van der Waals surface area contributed by atoms with Gasteiger partial charge in [-0.05, 0) is 31.9 Å². The highest BCUT2D eigenvalue weighted by Crippen LogP contribution is 2.26. The molecule has 8 heteroatoms. The molecule has 21 heavy (non-hydrogen) atoms. The Kier molecular flexibility index (Phi) is 4.46. The second kappa shape index (κ2) is 5.97. The molecule has 1 unspecified atom stereocenters. The van der Waals surface area contributed by atoms with Gasteiger partial charge in [-0.3, -0.25) is 4.79 Å². The molecule has 0 aliphatic heterocycles. The standard InChI is InChI=1S/C13H16F2N2O3S/c1-8(12(18)17-9-6-7-9)16-10-4-2-3-5-11(10)21(19,20)13(14)15/h2-5,8-9,13,16H,6-7H2,1H3,(H,17,18). The zero-order chi connectivity index (χ0) is 15.6. The molecule has 1 saturated carbocycles. The summed E-state index contributed by atoms with van der Waals surface area (Å²) in [5, 5.41) is 5.44. The van der Waals surface area contributed by atoms with E-state index in [0.29, 0.717) is 0 Å². The Morgan fingerprint density at radius 2 is 1.90 bits per heavy atom.